The van der Waals surface area contributed by atoms with Crippen LogP contribution in [0, 0.1) is 14.9 Å². The van der Waals surface area contributed by atoms with Crippen LogP contribution in [-0.2, 0) is 15.5 Å². The molecule has 0 aromatic heterocycles. The Morgan fingerprint density at radius 2 is 2.13 bits per heavy atom. The Hall–Kier alpha value is -0.320. The van der Waals surface area contributed by atoms with Gasteiger partial charge < -0.3 is 0 Å². The molecule has 3 nitrogen and oxygen atoms in total. The lowest BCUT2D eigenvalue weighted by Gasteiger charge is -2.07. The summed E-state index contributed by atoms with van der Waals surface area (Å²) in [6.07, 6.45) is 0.521. The van der Waals surface area contributed by atoms with Crippen LogP contribution in [0.5, 0.6) is 0 Å². The second-order valence-corrected chi connectivity index (χ2v) is 6.48. The van der Waals surface area contributed by atoms with Gasteiger partial charge in [0.15, 0.2) is 0 Å². The minimum absolute atomic E-state index is 0.0546. The van der Waals surface area contributed by atoms with Gasteiger partial charge in [-0.3, -0.25) is 0 Å². The Balaban J connectivity index is 3.73. The van der Waals surface area contributed by atoms with E-state index in [4.69, 9.17) is 15.9 Å². The van der Waals surface area contributed by atoms with Gasteiger partial charge in [0.25, 0.3) is 9.05 Å². The maximum atomic E-state index is 11.4. The molecule has 0 amide bonds. The summed E-state index contributed by atoms with van der Waals surface area (Å²) in [5, 5.41) is 8.90. The number of hydrogen-bond donors (Lipinski definition) is 0. The summed E-state index contributed by atoms with van der Waals surface area (Å²) < 4.78 is 23.3. The van der Waals surface area contributed by atoms with Gasteiger partial charge in [-0.2, -0.15) is 5.26 Å². The van der Waals surface area contributed by atoms with Crippen molar-refractivity contribution in [1.29, 1.82) is 5.26 Å². The van der Waals surface area contributed by atoms with Gasteiger partial charge >= 0.3 is 0 Å². The van der Waals surface area contributed by atoms with E-state index in [1.54, 1.807) is 12.1 Å². The molecule has 0 aliphatic rings. The summed E-state index contributed by atoms with van der Waals surface area (Å²) in [6, 6.07) is 5.26. The van der Waals surface area contributed by atoms with E-state index in [9.17, 15) is 8.42 Å². The molecule has 1 aromatic carbocycles. The van der Waals surface area contributed by atoms with Gasteiger partial charge in [0.05, 0.1) is 5.56 Å². The second-order valence-electron chi connectivity index (χ2n) is 2.81. The van der Waals surface area contributed by atoms with E-state index in [2.05, 4.69) is 0 Å². The van der Waals surface area contributed by atoms with Crippen LogP contribution in [0.1, 0.15) is 18.1 Å². The Morgan fingerprint density at radius 3 is 2.53 bits per heavy atom. The van der Waals surface area contributed by atoms with Gasteiger partial charge in [0.2, 0.25) is 0 Å². The SMILES string of the molecule is CCc1ccc(I)c(C#N)c1S(=O)(=O)Cl. The Bertz CT molecular complexity index is 534. The maximum Gasteiger partial charge on any atom is 0.262 e. The zero-order valence-electron chi connectivity index (χ0n) is 7.79. The first-order valence-electron chi connectivity index (χ1n) is 4.08. The number of nitrogens with zero attached hydrogens (tertiary/aromatic N) is 1. The molecule has 0 atom stereocenters. The predicted molar refractivity (Wildman–Crippen MR) is 66.3 cm³/mol. The zero-order chi connectivity index (χ0) is 11.6. The summed E-state index contributed by atoms with van der Waals surface area (Å²) >= 11 is 1.91. The number of nitriles is 1. The fourth-order valence-electron chi connectivity index (χ4n) is 1.26. The van der Waals surface area contributed by atoms with E-state index in [-0.39, 0.29) is 10.5 Å². The van der Waals surface area contributed by atoms with E-state index in [1.807, 2.05) is 35.6 Å². The van der Waals surface area contributed by atoms with Gasteiger partial charge in [-0.05, 0) is 40.6 Å². The molecule has 15 heavy (non-hydrogen) atoms. The molecule has 0 saturated heterocycles. The van der Waals surface area contributed by atoms with Crippen molar-refractivity contribution in [3.8, 4) is 6.07 Å². The summed E-state index contributed by atoms with van der Waals surface area (Å²) in [7, 11) is 1.45. The molecular formula is C9H7ClINO2S. The highest BCUT2D eigenvalue weighted by Crippen LogP contribution is 2.28. The number of hydrogen-bond acceptors (Lipinski definition) is 3. The minimum Gasteiger partial charge on any atom is -0.207 e. The van der Waals surface area contributed by atoms with Gasteiger partial charge in [-0.1, -0.05) is 13.0 Å². The molecule has 1 rings (SSSR count). The average Bonchev–Trinajstić information content (AvgIpc) is 2.15. The minimum atomic E-state index is -3.87. The highest BCUT2D eigenvalue weighted by atomic mass is 127. The first-order chi connectivity index (χ1) is 6.91. The first kappa shape index (κ1) is 12.7. The molecule has 80 valence electrons. The van der Waals surface area contributed by atoms with Crippen LogP contribution < -0.4 is 0 Å². The number of benzene rings is 1. The van der Waals surface area contributed by atoms with Crippen LogP contribution in [0.3, 0.4) is 0 Å². The lowest BCUT2D eigenvalue weighted by molar-refractivity contribution is 0.608. The molecule has 0 aliphatic heterocycles. The third kappa shape index (κ3) is 2.62. The summed E-state index contributed by atoms with van der Waals surface area (Å²) in [5.41, 5.74) is 0.701. The van der Waals surface area contributed by atoms with Crippen molar-refractivity contribution in [2.75, 3.05) is 0 Å². The lowest BCUT2D eigenvalue weighted by Crippen LogP contribution is -2.02. The van der Waals surface area contributed by atoms with Crippen LogP contribution in [0.25, 0.3) is 0 Å². The molecule has 0 radical (unpaired) electrons. The van der Waals surface area contributed by atoms with Crippen LogP contribution >= 0.6 is 33.3 Å². The molecule has 0 spiro atoms. The van der Waals surface area contributed by atoms with E-state index >= 15 is 0 Å². The number of halogens is 2. The zero-order valence-corrected chi connectivity index (χ0v) is 11.5. The van der Waals surface area contributed by atoms with Gasteiger partial charge in [-0.15, -0.1) is 0 Å². The van der Waals surface area contributed by atoms with Gasteiger partial charge in [0, 0.05) is 14.3 Å². The highest BCUT2D eigenvalue weighted by Gasteiger charge is 2.21. The molecule has 0 saturated carbocycles. The molecule has 6 heteroatoms. The topological polar surface area (TPSA) is 57.9 Å². The van der Waals surface area contributed by atoms with E-state index in [0.717, 1.165) is 0 Å². The van der Waals surface area contributed by atoms with Crippen molar-refractivity contribution in [1.82, 2.24) is 0 Å². The standard InChI is InChI=1S/C9H7ClINO2S/c1-2-6-3-4-8(11)7(5-12)9(6)15(10,13)14/h3-4H,2H2,1H3. The van der Waals surface area contributed by atoms with Gasteiger partial charge in [-0.25, -0.2) is 8.42 Å². The molecule has 0 heterocycles. The highest BCUT2D eigenvalue weighted by molar-refractivity contribution is 14.1. The van der Waals surface area contributed by atoms with Crippen molar-refractivity contribution in [2.24, 2.45) is 0 Å². The quantitative estimate of drug-likeness (QED) is 0.605. The maximum absolute atomic E-state index is 11.4. The summed E-state index contributed by atoms with van der Waals surface area (Å²) in [6.45, 7) is 1.81. The molecular weight excluding hydrogens is 349 g/mol. The smallest absolute Gasteiger partial charge is 0.207 e. The average molecular weight is 356 g/mol. The van der Waals surface area contributed by atoms with Crippen LogP contribution in [0.4, 0.5) is 0 Å². The van der Waals surface area contributed by atoms with Crippen LogP contribution in [0.2, 0.25) is 0 Å². The summed E-state index contributed by atoms with van der Waals surface area (Å²) in [5.74, 6) is 0. The van der Waals surface area contributed by atoms with Crippen LogP contribution in [0.15, 0.2) is 17.0 Å². The fourth-order valence-corrected chi connectivity index (χ4v) is 3.47. The second kappa shape index (κ2) is 4.68. The van der Waals surface area contributed by atoms with Gasteiger partial charge in [0.1, 0.15) is 11.0 Å². The fraction of sp³-hybridized carbons (Fsp3) is 0.222. The van der Waals surface area contributed by atoms with Crippen molar-refractivity contribution < 1.29 is 8.42 Å². The van der Waals surface area contributed by atoms with Crippen molar-refractivity contribution in [2.45, 2.75) is 18.2 Å². The Morgan fingerprint density at radius 1 is 1.53 bits per heavy atom. The van der Waals surface area contributed by atoms with Crippen molar-refractivity contribution in [3.63, 3.8) is 0 Å². The summed E-state index contributed by atoms with van der Waals surface area (Å²) in [4.78, 5) is -0.0546. The number of aryl methyl sites for hydroxylation is 1. The molecule has 0 aliphatic carbocycles. The van der Waals surface area contributed by atoms with Crippen molar-refractivity contribution >= 4 is 42.3 Å². The van der Waals surface area contributed by atoms with Crippen LogP contribution in [-0.4, -0.2) is 8.42 Å². The molecule has 0 N–H and O–H groups in total. The Labute approximate surface area is 107 Å². The van der Waals surface area contributed by atoms with E-state index in [0.29, 0.717) is 15.6 Å². The largest absolute Gasteiger partial charge is 0.262 e. The third-order valence-corrected chi connectivity index (χ3v) is 4.24. The molecule has 0 unspecified atom stereocenters. The molecule has 1 aromatic rings. The predicted octanol–water partition coefficient (Wildman–Crippen LogP) is 2.65. The van der Waals surface area contributed by atoms with Crippen molar-refractivity contribution in [3.05, 3.63) is 26.8 Å². The van der Waals surface area contributed by atoms with E-state index < -0.39 is 9.05 Å². The Kier molecular flexibility index (Phi) is 3.98. The molecule has 0 fully saturated rings. The lowest BCUT2D eigenvalue weighted by atomic mass is 10.1. The number of rotatable bonds is 2. The molecule has 0 bridgehead atoms. The monoisotopic (exact) mass is 355 g/mol. The first-order valence-corrected chi connectivity index (χ1v) is 7.46. The van der Waals surface area contributed by atoms with E-state index in [1.165, 1.54) is 0 Å². The normalized spacial score (nSPS) is 11.1. The third-order valence-electron chi connectivity index (χ3n) is 1.92.